The van der Waals surface area contributed by atoms with E-state index in [0.29, 0.717) is 5.92 Å². The van der Waals surface area contributed by atoms with Crippen molar-refractivity contribution >= 4 is 5.97 Å². The summed E-state index contributed by atoms with van der Waals surface area (Å²) >= 11 is 0. The van der Waals surface area contributed by atoms with E-state index in [1.54, 1.807) is 0 Å². The number of rotatable bonds is 16. The first-order chi connectivity index (χ1) is 12.7. The number of carboxylic acid groups (broad SMARTS) is 1. The summed E-state index contributed by atoms with van der Waals surface area (Å²) in [6.07, 6.45) is 22.7. The molecule has 0 aliphatic heterocycles. The van der Waals surface area contributed by atoms with Crippen molar-refractivity contribution in [3.8, 4) is 0 Å². The first-order valence-corrected chi connectivity index (χ1v) is 11.9. The van der Waals surface area contributed by atoms with Crippen molar-refractivity contribution in [3.05, 3.63) is 0 Å². The summed E-state index contributed by atoms with van der Waals surface area (Å²) in [5, 5.41) is 9.77. The molecule has 1 saturated carbocycles. The molecule has 1 aliphatic carbocycles. The van der Waals surface area contributed by atoms with Crippen LogP contribution in [0.25, 0.3) is 0 Å². The third-order valence-electron chi connectivity index (χ3n) is 6.59. The van der Waals surface area contributed by atoms with E-state index in [0.717, 1.165) is 25.2 Å². The molecule has 0 amide bonds. The molecule has 26 heavy (non-hydrogen) atoms. The Morgan fingerprint density at radius 1 is 0.808 bits per heavy atom. The molecular formula is C24H46O2. The lowest BCUT2D eigenvalue weighted by Gasteiger charge is -2.32. The summed E-state index contributed by atoms with van der Waals surface area (Å²) < 4.78 is 0. The topological polar surface area (TPSA) is 37.3 Å². The SMILES string of the molecule is CCCCCCCCC(CC(CCCCCC)C1CCCCC1)C(=O)O. The van der Waals surface area contributed by atoms with Gasteiger partial charge in [-0.1, -0.05) is 117 Å². The maximum Gasteiger partial charge on any atom is 0.306 e. The molecule has 2 nitrogen and oxygen atoms in total. The average Bonchev–Trinajstić information content (AvgIpc) is 2.66. The van der Waals surface area contributed by atoms with Crippen molar-refractivity contribution in [1.29, 1.82) is 0 Å². The Morgan fingerprint density at radius 2 is 1.35 bits per heavy atom. The van der Waals surface area contributed by atoms with Gasteiger partial charge in [0.1, 0.15) is 0 Å². The molecule has 1 N–H and O–H groups in total. The van der Waals surface area contributed by atoms with Crippen LogP contribution in [0.2, 0.25) is 0 Å². The molecule has 0 radical (unpaired) electrons. The molecule has 154 valence electrons. The number of hydrogen-bond donors (Lipinski definition) is 1. The number of hydrogen-bond acceptors (Lipinski definition) is 1. The molecule has 0 aromatic rings. The fourth-order valence-electron chi connectivity index (χ4n) is 4.86. The van der Waals surface area contributed by atoms with Crippen molar-refractivity contribution in [2.24, 2.45) is 17.8 Å². The second-order valence-corrected chi connectivity index (χ2v) is 8.83. The Bertz CT molecular complexity index is 333. The van der Waals surface area contributed by atoms with Gasteiger partial charge in [0.05, 0.1) is 5.92 Å². The molecule has 1 aliphatic rings. The molecule has 0 aromatic heterocycles. The minimum absolute atomic E-state index is 0.0979. The Kier molecular flexibility index (Phi) is 14.0. The molecule has 1 fully saturated rings. The quantitative estimate of drug-likeness (QED) is 0.281. The standard InChI is InChI=1S/C24H46O2/c1-3-5-7-9-10-13-19-23(24(25)26)20-22(18-12-8-6-4-2)21-16-14-11-15-17-21/h21-23H,3-20H2,1-2H3,(H,25,26). The lowest BCUT2D eigenvalue weighted by atomic mass is 9.73. The van der Waals surface area contributed by atoms with E-state index in [9.17, 15) is 9.90 Å². The zero-order valence-corrected chi connectivity index (χ0v) is 17.8. The number of aliphatic carboxylic acids is 1. The van der Waals surface area contributed by atoms with E-state index in [1.165, 1.54) is 96.3 Å². The zero-order valence-electron chi connectivity index (χ0n) is 17.8. The highest BCUT2D eigenvalue weighted by Gasteiger charge is 2.28. The van der Waals surface area contributed by atoms with Gasteiger partial charge in [-0.2, -0.15) is 0 Å². The Labute approximate surface area is 163 Å². The summed E-state index contributed by atoms with van der Waals surface area (Å²) in [7, 11) is 0. The predicted molar refractivity (Wildman–Crippen MR) is 113 cm³/mol. The monoisotopic (exact) mass is 366 g/mol. The second kappa shape index (κ2) is 15.5. The van der Waals surface area contributed by atoms with Gasteiger partial charge in [0, 0.05) is 0 Å². The summed E-state index contributed by atoms with van der Waals surface area (Å²) in [5.41, 5.74) is 0. The van der Waals surface area contributed by atoms with Crippen molar-refractivity contribution in [2.45, 2.75) is 129 Å². The van der Waals surface area contributed by atoms with E-state index in [-0.39, 0.29) is 5.92 Å². The molecular weight excluding hydrogens is 320 g/mol. The highest BCUT2D eigenvalue weighted by molar-refractivity contribution is 5.69. The molecule has 1 rings (SSSR count). The van der Waals surface area contributed by atoms with Gasteiger partial charge in [0.2, 0.25) is 0 Å². The van der Waals surface area contributed by atoms with Crippen molar-refractivity contribution in [1.82, 2.24) is 0 Å². The zero-order chi connectivity index (χ0) is 19.0. The first kappa shape index (κ1) is 23.5. The van der Waals surface area contributed by atoms with Gasteiger partial charge in [0.25, 0.3) is 0 Å². The van der Waals surface area contributed by atoms with Crippen LogP contribution < -0.4 is 0 Å². The summed E-state index contributed by atoms with van der Waals surface area (Å²) in [6.45, 7) is 4.51. The van der Waals surface area contributed by atoms with E-state index >= 15 is 0 Å². The molecule has 2 heteroatoms. The van der Waals surface area contributed by atoms with Crippen LogP contribution in [0.15, 0.2) is 0 Å². The van der Waals surface area contributed by atoms with E-state index in [4.69, 9.17) is 0 Å². The lowest BCUT2D eigenvalue weighted by Crippen LogP contribution is -2.24. The molecule has 2 unspecified atom stereocenters. The van der Waals surface area contributed by atoms with Crippen LogP contribution in [0, 0.1) is 17.8 Å². The first-order valence-electron chi connectivity index (χ1n) is 11.9. The van der Waals surface area contributed by atoms with Crippen LogP contribution in [0.5, 0.6) is 0 Å². The van der Waals surface area contributed by atoms with Gasteiger partial charge in [-0.3, -0.25) is 4.79 Å². The fraction of sp³-hybridized carbons (Fsp3) is 0.958. The van der Waals surface area contributed by atoms with E-state index in [2.05, 4.69) is 13.8 Å². The minimum atomic E-state index is -0.534. The van der Waals surface area contributed by atoms with Crippen molar-refractivity contribution in [2.75, 3.05) is 0 Å². The third-order valence-corrected chi connectivity index (χ3v) is 6.59. The van der Waals surface area contributed by atoms with E-state index in [1.807, 2.05) is 0 Å². The number of carboxylic acids is 1. The number of carbonyl (C=O) groups is 1. The number of unbranched alkanes of at least 4 members (excludes halogenated alkanes) is 8. The molecule has 0 saturated heterocycles. The summed E-state index contributed by atoms with van der Waals surface area (Å²) in [4.78, 5) is 11.9. The molecule has 0 aromatic carbocycles. The van der Waals surface area contributed by atoms with Gasteiger partial charge < -0.3 is 5.11 Å². The Morgan fingerprint density at radius 3 is 1.96 bits per heavy atom. The van der Waals surface area contributed by atoms with Crippen LogP contribution >= 0.6 is 0 Å². The van der Waals surface area contributed by atoms with E-state index < -0.39 is 5.97 Å². The maximum atomic E-state index is 11.9. The van der Waals surface area contributed by atoms with Crippen molar-refractivity contribution in [3.63, 3.8) is 0 Å². The van der Waals surface area contributed by atoms with Crippen molar-refractivity contribution < 1.29 is 9.90 Å². The van der Waals surface area contributed by atoms with Gasteiger partial charge in [-0.15, -0.1) is 0 Å². The van der Waals surface area contributed by atoms with Gasteiger partial charge >= 0.3 is 5.97 Å². The summed E-state index contributed by atoms with van der Waals surface area (Å²) in [5.74, 6) is 0.831. The second-order valence-electron chi connectivity index (χ2n) is 8.83. The lowest BCUT2D eigenvalue weighted by molar-refractivity contribution is -0.142. The normalized spacial score (nSPS) is 17.9. The molecule has 0 bridgehead atoms. The van der Waals surface area contributed by atoms with Gasteiger partial charge in [0.15, 0.2) is 0 Å². The van der Waals surface area contributed by atoms with Gasteiger partial charge in [-0.25, -0.2) is 0 Å². The van der Waals surface area contributed by atoms with Crippen LogP contribution in [-0.4, -0.2) is 11.1 Å². The minimum Gasteiger partial charge on any atom is -0.481 e. The van der Waals surface area contributed by atoms with Crippen LogP contribution in [-0.2, 0) is 4.79 Å². The predicted octanol–water partition coefficient (Wildman–Crippen LogP) is 7.99. The maximum absolute atomic E-state index is 11.9. The van der Waals surface area contributed by atoms with Crippen LogP contribution in [0.4, 0.5) is 0 Å². The smallest absolute Gasteiger partial charge is 0.306 e. The highest BCUT2D eigenvalue weighted by atomic mass is 16.4. The Hall–Kier alpha value is -0.530. The third kappa shape index (κ3) is 10.6. The largest absolute Gasteiger partial charge is 0.481 e. The van der Waals surface area contributed by atoms with Crippen LogP contribution in [0.3, 0.4) is 0 Å². The van der Waals surface area contributed by atoms with Crippen LogP contribution in [0.1, 0.15) is 129 Å². The molecule has 0 heterocycles. The average molecular weight is 367 g/mol. The molecule has 0 spiro atoms. The van der Waals surface area contributed by atoms with Gasteiger partial charge in [-0.05, 0) is 24.7 Å². The Balaban J connectivity index is 2.45. The summed E-state index contributed by atoms with van der Waals surface area (Å²) in [6, 6.07) is 0. The molecule has 2 atom stereocenters. The highest BCUT2D eigenvalue weighted by Crippen LogP contribution is 2.37. The fourth-order valence-corrected chi connectivity index (χ4v) is 4.86.